The molecule has 0 aromatic heterocycles. The van der Waals surface area contributed by atoms with Crippen molar-refractivity contribution in [3.63, 3.8) is 0 Å². The number of amides is 3. The molecule has 1 aliphatic heterocycles. The van der Waals surface area contributed by atoms with E-state index < -0.39 is 63.5 Å². The standard InChI is InChI=1S/C34H52N4O8S/c1-7-8-9-10-11-13-17-25-22-34(25,31(41)42)37(6)30(40)27-20-16-21-38(27)29(39)23-35-32(43)46-28(33(2,3)4)24-36(5)47(44,45)26-18-14-12-15-19-26/h12-15,17-19,25,27-28H,7-11,16,20-24H2,1-6H3,(H,35,43)(H,41,42)/b17-13-/t25?,27-,28?,34+/m0/s1. The van der Waals surface area contributed by atoms with Crippen molar-refractivity contribution in [1.29, 1.82) is 0 Å². The number of rotatable bonds is 16. The number of sulfonamides is 1. The van der Waals surface area contributed by atoms with Gasteiger partial charge in [0.25, 0.3) is 0 Å². The summed E-state index contributed by atoms with van der Waals surface area (Å²) in [6.07, 6.45) is 8.77. The van der Waals surface area contributed by atoms with E-state index in [4.69, 9.17) is 4.74 Å². The normalized spacial score (nSPS) is 21.9. The van der Waals surface area contributed by atoms with Crippen molar-refractivity contribution in [2.45, 2.75) is 102 Å². The number of hydrogen-bond donors (Lipinski definition) is 2. The Hall–Kier alpha value is -3.45. The number of nitrogens with zero attached hydrogens (tertiary/aromatic N) is 3. The minimum atomic E-state index is -3.83. The minimum Gasteiger partial charge on any atom is -0.479 e. The molecule has 0 bridgehead atoms. The summed E-state index contributed by atoms with van der Waals surface area (Å²) in [7, 11) is -0.925. The number of hydrogen-bond acceptors (Lipinski definition) is 7. The molecule has 0 spiro atoms. The summed E-state index contributed by atoms with van der Waals surface area (Å²) in [6, 6.07) is 7.11. The summed E-state index contributed by atoms with van der Waals surface area (Å²) in [5, 5.41) is 12.6. The van der Waals surface area contributed by atoms with Crippen LogP contribution >= 0.6 is 0 Å². The zero-order valence-electron chi connectivity index (χ0n) is 28.6. The van der Waals surface area contributed by atoms with Gasteiger partial charge in [0.1, 0.15) is 24.2 Å². The predicted octanol–water partition coefficient (Wildman–Crippen LogP) is 4.27. The molecular weight excluding hydrogens is 624 g/mol. The lowest BCUT2D eigenvalue weighted by Gasteiger charge is -2.33. The first-order valence-corrected chi connectivity index (χ1v) is 17.9. The Morgan fingerprint density at radius 2 is 1.81 bits per heavy atom. The summed E-state index contributed by atoms with van der Waals surface area (Å²) < 4.78 is 32.8. The lowest BCUT2D eigenvalue weighted by molar-refractivity contribution is -0.154. The van der Waals surface area contributed by atoms with E-state index in [-0.39, 0.29) is 17.4 Å². The van der Waals surface area contributed by atoms with E-state index in [0.717, 1.165) is 36.4 Å². The Morgan fingerprint density at radius 1 is 1.13 bits per heavy atom. The Kier molecular flexibility index (Phi) is 13.0. The van der Waals surface area contributed by atoms with Crippen molar-refractivity contribution in [2.24, 2.45) is 11.3 Å². The number of carboxylic acids is 1. The molecular formula is C34H52N4O8S. The second kappa shape index (κ2) is 16.1. The molecule has 1 heterocycles. The zero-order valence-corrected chi connectivity index (χ0v) is 29.4. The number of ether oxygens (including phenoxy) is 1. The van der Waals surface area contributed by atoms with Gasteiger partial charge in [-0.1, -0.05) is 77.3 Å². The fourth-order valence-electron chi connectivity index (χ4n) is 5.98. The van der Waals surface area contributed by atoms with Gasteiger partial charge in [-0.2, -0.15) is 4.31 Å². The molecule has 2 aliphatic rings. The number of carbonyl (C=O) groups excluding carboxylic acids is 3. The van der Waals surface area contributed by atoms with Crippen LogP contribution in [0.1, 0.15) is 79.1 Å². The third-order valence-corrected chi connectivity index (χ3v) is 11.0. The highest BCUT2D eigenvalue weighted by Gasteiger charge is 2.64. The second-order valence-electron chi connectivity index (χ2n) is 13.7. The highest BCUT2D eigenvalue weighted by molar-refractivity contribution is 7.89. The van der Waals surface area contributed by atoms with Crippen molar-refractivity contribution >= 4 is 33.9 Å². The third-order valence-electron chi connectivity index (χ3n) is 9.21. The van der Waals surface area contributed by atoms with Crippen LogP contribution in [0.15, 0.2) is 47.4 Å². The van der Waals surface area contributed by atoms with E-state index in [2.05, 4.69) is 12.2 Å². The highest BCUT2D eigenvalue weighted by Crippen LogP contribution is 2.50. The first-order valence-electron chi connectivity index (χ1n) is 16.5. The first kappa shape index (κ1) is 38.0. The monoisotopic (exact) mass is 676 g/mol. The molecule has 1 aromatic carbocycles. The van der Waals surface area contributed by atoms with Crippen LogP contribution in [0.2, 0.25) is 0 Å². The first-order chi connectivity index (χ1) is 22.1. The van der Waals surface area contributed by atoms with Crippen LogP contribution in [0.5, 0.6) is 0 Å². The molecule has 47 heavy (non-hydrogen) atoms. The van der Waals surface area contributed by atoms with Gasteiger partial charge in [-0.15, -0.1) is 0 Å². The highest BCUT2D eigenvalue weighted by atomic mass is 32.2. The van der Waals surface area contributed by atoms with E-state index in [1.807, 2.05) is 32.9 Å². The molecule has 4 atom stereocenters. The van der Waals surface area contributed by atoms with E-state index >= 15 is 0 Å². The number of aliphatic carboxylic acids is 1. The Balaban J connectivity index is 1.58. The molecule has 3 amide bonds. The summed E-state index contributed by atoms with van der Waals surface area (Å²) in [5.41, 5.74) is -1.97. The van der Waals surface area contributed by atoms with Gasteiger partial charge in [0, 0.05) is 32.0 Å². The Labute approximate surface area is 279 Å². The van der Waals surface area contributed by atoms with Gasteiger partial charge in [0.05, 0.1) is 11.4 Å². The second-order valence-corrected chi connectivity index (χ2v) is 15.7. The lowest BCUT2D eigenvalue weighted by atomic mass is 9.89. The van der Waals surface area contributed by atoms with E-state index in [1.165, 1.54) is 36.0 Å². The van der Waals surface area contributed by atoms with Crippen molar-refractivity contribution in [2.75, 3.05) is 33.7 Å². The SMILES string of the molecule is CCCCCC/C=C\C1C[C@@]1(C(=O)O)N(C)C(=O)[C@@H]1CCCN1C(=O)CNC(=O)OC(CN(C)S(=O)(=O)c1ccccc1)C(C)(C)C. The Morgan fingerprint density at radius 3 is 2.43 bits per heavy atom. The molecule has 2 fully saturated rings. The lowest BCUT2D eigenvalue weighted by Crippen LogP contribution is -2.54. The summed E-state index contributed by atoms with van der Waals surface area (Å²) in [5.74, 6) is -2.29. The molecule has 2 N–H and O–H groups in total. The topological polar surface area (TPSA) is 154 Å². The van der Waals surface area contributed by atoms with Gasteiger partial charge in [-0.3, -0.25) is 9.59 Å². The number of nitrogens with one attached hydrogen (secondary N) is 1. The van der Waals surface area contributed by atoms with Gasteiger partial charge in [-0.25, -0.2) is 18.0 Å². The van der Waals surface area contributed by atoms with Gasteiger partial charge in [0.15, 0.2) is 0 Å². The number of allylic oxidation sites excluding steroid dienone is 1. The molecule has 1 saturated heterocycles. The van der Waals surface area contributed by atoms with Crippen LogP contribution in [-0.2, 0) is 29.1 Å². The van der Waals surface area contributed by atoms with Crippen LogP contribution < -0.4 is 5.32 Å². The maximum absolute atomic E-state index is 13.6. The average molecular weight is 677 g/mol. The van der Waals surface area contributed by atoms with Gasteiger partial charge in [-0.05, 0) is 44.2 Å². The average Bonchev–Trinajstić information content (AvgIpc) is 3.56. The maximum atomic E-state index is 13.6. The minimum absolute atomic E-state index is 0.114. The van der Waals surface area contributed by atoms with Crippen LogP contribution in [-0.4, -0.2) is 103 Å². The molecule has 262 valence electrons. The smallest absolute Gasteiger partial charge is 0.407 e. The van der Waals surface area contributed by atoms with Gasteiger partial charge < -0.3 is 25.0 Å². The molecule has 1 aliphatic carbocycles. The fraction of sp³-hybridized carbons (Fsp3) is 0.647. The summed E-state index contributed by atoms with van der Waals surface area (Å²) in [6.45, 7) is 7.34. The molecule has 13 heteroatoms. The van der Waals surface area contributed by atoms with Crippen LogP contribution in [0, 0.1) is 11.3 Å². The number of likely N-dealkylation sites (N-methyl/N-ethyl adjacent to an activating group) is 2. The number of carboxylic acid groups (broad SMARTS) is 1. The summed E-state index contributed by atoms with van der Waals surface area (Å²) >= 11 is 0. The molecule has 2 unspecified atom stereocenters. The van der Waals surface area contributed by atoms with Crippen molar-refractivity contribution in [1.82, 2.24) is 19.4 Å². The zero-order chi connectivity index (χ0) is 35.0. The third kappa shape index (κ3) is 9.34. The van der Waals surface area contributed by atoms with E-state index in [1.54, 1.807) is 18.2 Å². The summed E-state index contributed by atoms with van der Waals surface area (Å²) in [4.78, 5) is 54.8. The predicted molar refractivity (Wildman–Crippen MR) is 178 cm³/mol. The Bertz CT molecular complexity index is 1390. The molecule has 12 nitrogen and oxygen atoms in total. The van der Waals surface area contributed by atoms with Crippen LogP contribution in [0.4, 0.5) is 4.79 Å². The molecule has 3 rings (SSSR count). The van der Waals surface area contributed by atoms with Gasteiger partial charge >= 0.3 is 12.1 Å². The van der Waals surface area contributed by atoms with Crippen molar-refractivity contribution in [3.8, 4) is 0 Å². The molecule has 1 saturated carbocycles. The number of alkyl carbamates (subject to hydrolysis) is 1. The number of benzene rings is 1. The van der Waals surface area contributed by atoms with Crippen LogP contribution in [0.3, 0.4) is 0 Å². The molecule has 0 radical (unpaired) electrons. The van der Waals surface area contributed by atoms with Gasteiger partial charge in [0.2, 0.25) is 21.8 Å². The van der Waals surface area contributed by atoms with E-state index in [9.17, 15) is 32.7 Å². The largest absolute Gasteiger partial charge is 0.479 e. The number of likely N-dealkylation sites (tertiary alicyclic amines) is 1. The number of unbranched alkanes of at least 4 members (excludes halogenated alkanes) is 4. The quantitative estimate of drug-likeness (QED) is 0.195. The van der Waals surface area contributed by atoms with Crippen molar-refractivity contribution < 1.29 is 37.4 Å². The number of carbonyl (C=O) groups is 4. The van der Waals surface area contributed by atoms with E-state index in [0.29, 0.717) is 25.8 Å². The van der Waals surface area contributed by atoms with Crippen LogP contribution in [0.25, 0.3) is 0 Å². The fourth-order valence-corrected chi connectivity index (χ4v) is 7.17. The maximum Gasteiger partial charge on any atom is 0.407 e. The molecule has 1 aromatic rings. The van der Waals surface area contributed by atoms with Crippen molar-refractivity contribution in [3.05, 3.63) is 42.5 Å².